The number of anilines is 1. The highest BCUT2D eigenvalue weighted by molar-refractivity contribution is 7.15. The zero-order valence-corrected chi connectivity index (χ0v) is 10.00. The highest BCUT2D eigenvalue weighted by Crippen LogP contribution is 2.25. The van der Waals surface area contributed by atoms with Crippen molar-refractivity contribution >= 4 is 28.4 Å². The summed E-state index contributed by atoms with van der Waals surface area (Å²) in [5.74, 6) is -1.46. The van der Waals surface area contributed by atoms with Gasteiger partial charge in [0.1, 0.15) is 6.54 Å². The monoisotopic (exact) mass is 244 g/mol. The van der Waals surface area contributed by atoms with Crippen molar-refractivity contribution in [2.45, 2.75) is 6.92 Å². The molecule has 0 saturated carbocycles. The number of carboxylic acids is 1. The van der Waals surface area contributed by atoms with Crippen LogP contribution in [0.3, 0.4) is 0 Å². The molecule has 7 heteroatoms. The molecule has 0 unspecified atom stereocenters. The summed E-state index contributed by atoms with van der Waals surface area (Å²) in [6.45, 7) is 1.58. The first-order chi connectivity index (χ1) is 7.45. The van der Waals surface area contributed by atoms with E-state index in [2.05, 4.69) is 9.72 Å². The highest BCUT2D eigenvalue weighted by Gasteiger charge is 2.18. The maximum Gasteiger partial charge on any atom is 0.357 e. The number of carbonyl (C=O) groups is 2. The number of thiazole rings is 1. The molecule has 0 aliphatic carbocycles. The van der Waals surface area contributed by atoms with Crippen LogP contribution in [-0.2, 0) is 9.53 Å². The van der Waals surface area contributed by atoms with E-state index in [-0.39, 0.29) is 12.2 Å². The molecule has 0 saturated heterocycles. The van der Waals surface area contributed by atoms with Crippen molar-refractivity contribution < 1.29 is 19.4 Å². The minimum absolute atomic E-state index is 0.159. The summed E-state index contributed by atoms with van der Waals surface area (Å²) < 4.78 is 4.56. The molecule has 0 atom stereocenters. The molecule has 0 spiro atoms. The van der Waals surface area contributed by atoms with E-state index in [0.717, 1.165) is 0 Å². The minimum atomic E-state index is -0.949. The first-order valence-electron chi connectivity index (χ1n) is 4.44. The molecule has 16 heavy (non-hydrogen) atoms. The Kier molecular flexibility index (Phi) is 3.83. The third-order valence-corrected chi connectivity index (χ3v) is 2.95. The topological polar surface area (TPSA) is 79.7 Å². The minimum Gasteiger partial charge on any atom is -0.480 e. The van der Waals surface area contributed by atoms with Crippen molar-refractivity contribution in [2.75, 3.05) is 25.6 Å². The van der Waals surface area contributed by atoms with Gasteiger partial charge in [0.05, 0.1) is 7.11 Å². The van der Waals surface area contributed by atoms with Crippen molar-refractivity contribution in [1.29, 1.82) is 0 Å². The number of aryl methyl sites for hydroxylation is 1. The van der Waals surface area contributed by atoms with Crippen molar-refractivity contribution in [3.8, 4) is 0 Å². The maximum absolute atomic E-state index is 11.3. The van der Waals surface area contributed by atoms with E-state index in [4.69, 9.17) is 5.11 Å². The molecule has 0 radical (unpaired) electrons. The molecule has 0 fully saturated rings. The van der Waals surface area contributed by atoms with E-state index < -0.39 is 11.9 Å². The third kappa shape index (κ3) is 2.69. The number of hydrogen-bond acceptors (Lipinski definition) is 6. The number of nitrogens with zero attached hydrogens (tertiary/aromatic N) is 2. The van der Waals surface area contributed by atoms with Gasteiger partial charge >= 0.3 is 11.9 Å². The maximum atomic E-state index is 11.3. The summed E-state index contributed by atoms with van der Waals surface area (Å²) in [4.78, 5) is 28.0. The van der Waals surface area contributed by atoms with Gasteiger partial charge in [-0.05, 0) is 6.92 Å². The summed E-state index contributed by atoms with van der Waals surface area (Å²) in [5.41, 5.74) is 0.236. The number of hydrogen-bond donors (Lipinski definition) is 1. The summed E-state index contributed by atoms with van der Waals surface area (Å²) in [6.07, 6.45) is 0. The molecule has 0 aliphatic rings. The second-order valence-corrected chi connectivity index (χ2v) is 4.32. The third-order valence-electron chi connectivity index (χ3n) is 1.86. The summed E-state index contributed by atoms with van der Waals surface area (Å²) in [6, 6.07) is 0. The largest absolute Gasteiger partial charge is 0.480 e. The number of aromatic nitrogens is 1. The van der Waals surface area contributed by atoms with Gasteiger partial charge in [-0.15, -0.1) is 11.3 Å². The number of likely N-dealkylation sites (N-methyl/N-ethyl adjacent to an activating group) is 1. The van der Waals surface area contributed by atoms with E-state index in [0.29, 0.717) is 10.0 Å². The van der Waals surface area contributed by atoms with E-state index in [1.54, 1.807) is 14.0 Å². The van der Waals surface area contributed by atoms with Crippen LogP contribution in [0.5, 0.6) is 0 Å². The summed E-state index contributed by atoms with van der Waals surface area (Å²) in [7, 11) is 2.88. The first kappa shape index (κ1) is 12.4. The van der Waals surface area contributed by atoms with Crippen molar-refractivity contribution in [3.05, 3.63) is 10.6 Å². The van der Waals surface area contributed by atoms with Gasteiger partial charge in [-0.1, -0.05) is 0 Å². The molecule has 1 heterocycles. The van der Waals surface area contributed by atoms with Crippen LogP contribution in [0.2, 0.25) is 0 Å². The Morgan fingerprint density at radius 2 is 2.19 bits per heavy atom. The van der Waals surface area contributed by atoms with Gasteiger partial charge in [0.15, 0.2) is 10.8 Å². The number of ether oxygens (including phenoxy) is 1. The van der Waals surface area contributed by atoms with Crippen LogP contribution < -0.4 is 4.90 Å². The standard InChI is InChI=1S/C9H12N2O4S/c1-5-7(8(14)15-3)10-9(16-5)11(2)4-6(12)13/h4H2,1-3H3,(H,12,13). The number of esters is 1. The van der Waals surface area contributed by atoms with Crippen LogP contribution >= 0.6 is 11.3 Å². The van der Waals surface area contributed by atoms with Gasteiger partial charge in [0.2, 0.25) is 0 Å². The molecule has 1 aromatic rings. The molecule has 1 aromatic heterocycles. The Hall–Kier alpha value is -1.63. The quantitative estimate of drug-likeness (QED) is 0.788. The van der Waals surface area contributed by atoms with Gasteiger partial charge in [0.25, 0.3) is 0 Å². The highest BCUT2D eigenvalue weighted by atomic mass is 32.1. The van der Waals surface area contributed by atoms with E-state index >= 15 is 0 Å². The number of methoxy groups -OCH3 is 1. The number of rotatable bonds is 4. The molecule has 6 nitrogen and oxygen atoms in total. The smallest absolute Gasteiger partial charge is 0.357 e. The normalized spacial score (nSPS) is 9.94. The molecule has 88 valence electrons. The molecule has 1 N–H and O–H groups in total. The lowest BCUT2D eigenvalue weighted by Crippen LogP contribution is -2.25. The fraction of sp³-hybridized carbons (Fsp3) is 0.444. The van der Waals surface area contributed by atoms with Gasteiger partial charge in [-0.3, -0.25) is 4.79 Å². The van der Waals surface area contributed by atoms with Gasteiger partial charge in [-0.25, -0.2) is 9.78 Å². The van der Waals surface area contributed by atoms with Crippen molar-refractivity contribution in [2.24, 2.45) is 0 Å². The SMILES string of the molecule is COC(=O)c1nc(N(C)CC(=O)O)sc1C. The Morgan fingerprint density at radius 3 is 2.69 bits per heavy atom. The Balaban J connectivity index is 2.91. The average molecular weight is 244 g/mol. The van der Waals surface area contributed by atoms with Crippen molar-refractivity contribution in [3.63, 3.8) is 0 Å². The van der Waals surface area contributed by atoms with Crippen LogP contribution in [0, 0.1) is 6.92 Å². The van der Waals surface area contributed by atoms with Gasteiger partial charge < -0.3 is 14.7 Å². The molecule has 1 rings (SSSR count). The second kappa shape index (κ2) is 4.93. The molecule has 0 aliphatic heterocycles. The Bertz CT molecular complexity index is 416. The second-order valence-electron chi connectivity index (χ2n) is 3.14. The zero-order valence-electron chi connectivity index (χ0n) is 9.18. The van der Waals surface area contributed by atoms with E-state index in [1.807, 2.05) is 0 Å². The van der Waals surface area contributed by atoms with Gasteiger partial charge in [-0.2, -0.15) is 0 Å². The fourth-order valence-electron chi connectivity index (χ4n) is 1.10. The van der Waals surface area contributed by atoms with Crippen LogP contribution in [0.4, 0.5) is 5.13 Å². The molecular weight excluding hydrogens is 232 g/mol. The Morgan fingerprint density at radius 1 is 1.56 bits per heavy atom. The number of aliphatic carboxylic acids is 1. The molecular formula is C9H12N2O4S. The summed E-state index contributed by atoms with van der Waals surface area (Å²) in [5, 5.41) is 9.11. The Labute approximate surface area is 96.5 Å². The predicted octanol–water partition coefficient (Wildman–Crippen LogP) is 0.759. The molecule has 0 aromatic carbocycles. The van der Waals surface area contributed by atoms with Crippen LogP contribution in [0.15, 0.2) is 0 Å². The van der Waals surface area contributed by atoms with E-state index in [9.17, 15) is 9.59 Å². The lowest BCUT2D eigenvalue weighted by Gasteiger charge is -2.11. The van der Waals surface area contributed by atoms with Gasteiger partial charge in [0, 0.05) is 11.9 Å². The number of carbonyl (C=O) groups excluding carboxylic acids is 1. The van der Waals surface area contributed by atoms with Crippen LogP contribution in [0.1, 0.15) is 15.4 Å². The fourth-order valence-corrected chi connectivity index (χ4v) is 1.96. The first-order valence-corrected chi connectivity index (χ1v) is 5.26. The predicted molar refractivity (Wildman–Crippen MR) is 59.1 cm³/mol. The summed E-state index contributed by atoms with van der Waals surface area (Å²) >= 11 is 1.26. The number of carboxylic acid groups (broad SMARTS) is 1. The lowest BCUT2D eigenvalue weighted by atomic mass is 10.4. The molecule has 0 amide bonds. The average Bonchev–Trinajstić information content (AvgIpc) is 2.58. The lowest BCUT2D eigenvalue weighted by molar-refractivity contribution is -0.135. The van der Waals surface area contributed by atoms with Crippen LogP contribution in [-0.4, -0.2) is 42.7 Å². The van der Waals surface area contributed by atoms with Crippen molar-refractivity contribution in [1.82, 2.24) is 4.98 Å². The molecule has 0 bridgehead atoms. The zero-order chi connectivity index (χ0) is 12.3. The van der Waals surface area contributed by atoms with Crippen LogP contribution in [0.25, 0.3) is 0 Å². The van der Waals surface area contributed by atoms with E-state index in [1.165, 1.54) is 23.3 Å².